The molecule has 1 heterocycles. The molecule has 10 heteroatoms. The second kappa shape index (κ2) is 7.02. The molecule has 0 saturated carbocycles. The number of rotatable bonds is 5. The van der Waals surface area contributed by atoms with Crippen molar-refractivity contribution in [3.05, 3.63) is 41.7 Å². The topological polar surface area (TPSA) is 88.7 Å². The number of phenols is 1. The van der Waals surface area contributed by atoms with Crippen LogP contribution in [0, 0.1) is 0 Å². The SMILES string of the molecule is COc1cc(/C=N/NC(=O)Cn2ccc(C(F)(F)F)n2)ccc1O. The van der Waals surface area contributed by atoms with Crippen molar-refractivity contribution in [1.29, 1.82) is 0 Å². The van der Waals surface area contributed by atoms with Gasteiger partial charge in [0.1, 0.15) is 6.54 Å². The fourth-order valence-corrected chi connectivity index (χ4v) is 1.74. The third-order valence-corrected chi connectivity index (χ3v) is 2.84. The molecule has 0 bridgehead atoms. The van der Waals surface area contributed by atoms with Gasteiger partial charge in [0.05, 0.1) is 13.3 Å². The summed E-state index contributed by atoms with van der Waals surface area (Å²) in [4.78, 5) is 11.6. The molecular weight excluding hydrogens is 329 g/mol. The van der Waals surface area contributed by atoms with E-state index < -0.39 is 24.3 Å². The van der Waals surface area contributed by atoms with Crippen LogP contribution < -0.4 is 10.2 Å². The van der Waals surface area contributed by atoms with Crippen molar-refractivity contribution in [1.82, 2.24) is 15.2 Å². The molecule has 0 aliphatic carbocycles. The Morgan fingerprint density at radius 1 is 1.46 bits per heavy atom. The highest BCUT2D eigenvalue weighted by Crippen LogP contribution is 2.27. The van der Waals surface area contributed by atoms with Crippen LogP contribution >= 0.6 is 0 Å². The van der Waals surface area contributed by atoms with Gasteiger partial charge in [0.2, 0.25) is 0 Å². The number of alkyl halides is 3. The molecule has 24 heavy (non-hydrogen) atoms. The molecule has 0 fully saturated rings. The van der Waals surface area contributed by atoms with Gasteiger partial charge < -0.3 is 9.84 Å². The predicted octanol–water partition coefficient (Wildman–Crippen LogP) is 1.77. The minimum Gasteiger partial charge on any atom is -0.504 e. The molecule has 2 rings (SSSR count). The number of ether oxygens (including phenoxy) is 1. The summed E-state index contributed by atoms with van der Waals surface area (Å²) in [6.07, 6.45) is -2.21. The van der Waals surface area contributed by atoms with Gasteiger partial charge in [-0.25, -0.2) is 5.43 Å². The maximum atomic E-state index is 12.4. The highest BCUT2D eigenvalue weighted by Gasteiger charge is 2.33. The van der Waals surface area contributed by atoms with Crippen molar-refractivity contribution < 1.29 is 27.8 Å². The van der Waals surface area contributed by atoms with Crippen LogP contribution in [0.2, 0.25) is 0 Å². The first-order chi connectivity index (χ1) is 11.3. The van der Waals surface area contributed by atoms with Crippen molar-refractivity contribution in [2.45, 2.75) is 12.7 Å². The summed E-state index contributed by atoms with van der Waals surface area (Å²) >= 11 is 0. The lowest BCUT2D eigenvalue weighted by Crippen LogP contribution is -2.23. The fourth-order valence-electron chi connectivity index (χ4n) is 1.74. The van der Waals surface area contributed by atoms with Crippen LogP contribution in [-0.4, -0.2) is 34.1 Å². The van der Waals surface area contributed by atoms with Gasteiger partial charge in [0, 0.05) is 6.20 Å². The third kappa shape index (κ3) is 4.48. The van der Waals surface area contributed by atoms with Gasteiger partial charge in [0.25, 0.3) is 5.91 Å². The number of amides is 1. The summed E-state index contributed by atoms with van der Waals surface area (Å²) < 4.78 is 43.0. The van der Waals surface area contributed by atoms with Crippen molar-refractivity contribution >= 4 is 12.1 Å². The molecule has 0 unspecified atom stereocenters. The molecule has 1 aromatic heterocycles. The summed E-state index contributed by atoms with van der Waals surface area (Å²) in [5, 5.41) is 16.4. The maximum absolute atomic E-state index is 12.4. The number of hydrogen-bond donors (Lipinski definition) is 2. The number of phenolic OH excluding ortho intramolecular Hbond substituents is 1. The Kier molecular flexibility index (Phi) is 5.07. The molecule has 1 aromatic carbocycles. The van der Waals surface area contributed by atoms with Gasteiger partial charge in [-0.2, -0.15) is 23.4 Å². The number of methoxy groups -OCH3 is 1. The first-order valence-electron chi connectivity index (χ1n) is 6.59. The van der Waals surface area contributed by atoms with Crippen LogP contribution in [0.3, 0.4) is 0 Å². The maximum Gasteiger partial charge on any atom is 0.435 e. The monoisotopic (exact) mass is 342 g/mol. The van der Waals surface area contributed by atoms with Gasteiger partial charge in [-0.3, -0.25) is 9.48 Å². The van der Waals surface area contributed by atoms with Gasteiger partial charge >= 0.3 is 6.18 Å². The number of hydrazone groups is 1. The molecule has 1 amide bonds. The molecule has 0 radical (unpaired) electrons. The Hall–Kier alpha value is -3.04. The number of hydrogen-bond acceptors (Lipinski definition) is 5. The van der Waals surface area contributed by atoms with Crippen LogP contribution in [0.4, 0.5) is 13.2 Å². The Labute approximate surface area is 134 Å². The number of nitrogens with zero attached hydrogens (tertiary/aromatic N) is 3. The second-order valence-corrected chi connectivity index (χ2v) is 4.62. The molecule has 2 aromatic rings. The number of aromatic hydroxyl groups is 1. The highest BCUT2D eigenvalue weighted by atomic mass is 19.4. The van der Waals surface area contributed by atoms with E-state index in [4.69, 9.17) is 4.74 Å². The summed E-state index contributed by atoms with van der Waals surface area (Å²) in [6, 6.07) is 5.20. The first kappa shape index (κ1) is 17.3. The van der Waals surface area contributed by atoms with E-state index in [1.807, 2.05) is 0 Å². The molecule has 0 spiro atoms. The molecule has 128 valence electrons. The Bertz CT molecular complexity index is 756. The summed E-state index contributed by atoms with van der Waals surface area (Å²) in [7, 11) is 1.39. The third-order valence-electron chi connectivity index (χ3n) is 2.84. The Morgan fingerprint density at radius 3 is 2.83 bits per heavy atom. The van der Waals surface area contributed by atoms with E-state index in [0.29, 0.717) is 5.56 Å². The summed E-state index contributed by atoms with van der Waals surface area (Å²) in [5.41, 5.74) is 1.64. The number of carbonyl (C=O) groups excluding carboxylic acids is 1. The molecule has 7 nitrogen and oxygen atoms in total. The predicted molar refractivity (Wildman–Crippen MR) is 77.6 cm³/mol. The standard InChI is InChI=1S/C14H13F3N4O3/c1-24-11-6-9(2-3-10(11)22)7-18-19-13(23)8-21-5-4-12(20-21)14(15,16)17/h2-7,22H,8H2,1H3,(H,19,23)/b18-7+. The molecule has 0 saturated heterocycles. The first-order valence-corrected chi connectivity index (χ1v) is 6.59. The molecular formula is C14H13F3N4O3. The number of benzene rings is 1. The average molecular weight is 342 g/mol. The van der Waals surface area contributed by atoms with Crippen LogP contribution in [0.5, 0.6) is 11.5 Å². The van der Waals surface area contributed by atoms with E-state index in [1.54, 1.807) is 0 Å². The van der Waals surface area contributed by atoms with Crippen molar-refractivity contribution in [3.63, 3.8) is 0 Å². The normalized spacial score (nSPS) is 11.7. The number of carbonyl (C=O) groups is 1. The highest BCUT2D eigenvalue weighted by molar-refractivity contribution is 5.83. The van der Waals surface area contributed by atoms with Crippen LogP contribution in [0.1, 0.15) is 11.3 Å². The lowest BCUT2D eigenvalue weighted by molar-refractivity contribution is -0.141. The molecule has 0 aliphatic rings. The van der Waals surface area contributed by atoms with Crippen molar-refractivity contribution in [2.24, 2.45) is 5.10 Å². The lowest BCUT2D eigenvalue weighted by atomic mass is 10.2. The Balaban J connectivity index is 1.92. The van der Waals surface area contributed by atoms with E-state index in [0.717, 1.165) is 16.9 Å². The number of aromatic nitrogens is 2. The van der Waals surface area contributed by atoms with Gasteiger partial charge in [0.15, 0.2) is 17.2 Å². The largest absolute Gasteiger partial charge is 0.504 e. The number of halogens is 3. The average Bonchev–Trinajstić information content (AvgIpc) is 2.97. The van der Waals surface area contributed by atoms with Crippen molar-refractivity contribution in [3.8, 4) is 11.5 Å². The zero-order valence-electron chi connectivity index (χ0n) is 12.4. The van der Waals surface area contributed by atoms with E-state index in [-0.39, 0.29) is 11.5 Å². The van der Waals surface area contributed by atoms with Crippen LogP contribution in [0.15, 0.2) is 35.6 Å². The lowest BCUT2D eigenvalue weighted by Gasteiger charge is -2.04. The molecule has 0 aliphatic heterocycles. The minimum absolute atomic E-state index is 0.0437. The fraction of sp³-hybridized carbons (Fsp3) is 0.214. The van der Waals surface area contributed by atoms with Crippen LogP contribution in [0.25, 0.3) is 0 Å². The number of nitrogens with one attached hydrogen (secondary N) is 1. The Morgan fingerprint density at radius 2 is 2.21 bits per heavy atom. The zero-order chi connectivity index (χ0) is 17.7. The van der Waals surface area contributed by atoms with Crippen LogP contribution in [-0.2, 0) is 17.5 Å². The quantitative estimate of drug-likeness (QED) is 0.640. The molecule has 2 N–H and O–H groups in total. The van der Waals surface area contributed by atoms with E-state index in [2.05, 4.69) is 15.6 Å². The van der Waals surface area contributed by atoms with Crippen molar-refractivity contribution in [2.75, 3.05) is 7.11 Å². The van der Waals surface area contributed by atoms with Gasteiger partial charge in [-0.1, -0.05) is 0 Å². The molecule has 0 atom stereocenters. The smallest absolute Gasteiger partial charge is 0.435 e. The summed E-state index contributed by atoms with van der Waals surface area (Å²) in [6.45, 7) is -0.410. The second-order valence-electron chi connectivity index (χ2n) is 4.62. The van der Waals surface area contributed by atoms with Gasteiger partial charge in [-0.15, -0.1) is 0 Å². The zero-order valence-corrected chi connectivity index (χ0v) is 12.4. The summed E-state index contributed by atoms with van der Waals surface area (Å²) in [5.74, 6) is -0.451. The van der Waals surface area contributed by atoms with E-state index in [9.17, 15) is 23.1 Å². The minimum atomic E-state index is -4.56. The van der Waals surface area contributed by atoms with E-state index in [1.165, 1.54) is 31.5 Å². The van der Waals surface area contributed by atoms with Gasteiger partial charge in [-0.05, 0) is 29.8 Å². The van der Waals surface area contributed by atoms with E-state index >= 15 is 0 Å².